The molecule has 1 aromatic carbocycles. The number of β-lactam (4-membered cyclic amide) rings is 1. The number of hydrogen-bond acceptors (Lipinski definition) is 5. The van der Waals surface area contributed by atoms with Gasteiger partial charge in [0.15, 0.2) is 0 Å². The van der Waals surface area contributed by atoms with E-state index >= 15 is 0 Å². The van der Waals surface area contributed by atoms with E-state index in [2.05, 4.69) is 11.9 Å². The van der Waals surface area contributed by atoms with Crippen molar-refractivity contribution in [2.75, 3.05) is 17.7 Å². The van der Waals surface area contributed by atoms with E-state index in [1.807, 2.05) is 30.3 Å². The van der Waals surface area contributed by atoms with Crippen LogP contribution in [0, 0.1) is 17.8 Å². The van der Waals surface area contributed by atoms with Crippen LogP contribution in [0.2, 0.25) is 0 Å². The number of anilines is 2. The second kappa shape index (κ2) is 9.10. The summed E-state index contributed by atoms with van der Waals surface area (Å²) in [7, 11) is 1.68. The van der Waals surface area contributed by atoms with Gasteiger partial charge in [-0.3, -0.25) is 19.3 Å². The van der Waals surface area contributed by atoms with Gasteiger partial charge in [0.25, 0.3) is 5.91 Å². The first-order chi connectivity index (χ1) is 15.4. The Hall–Kier alpha value is -3.22. The van der Waals surface area contributed by atoms with Crippen molar-refractivity contribution >= 4 is 29.2 Å². The number of likely N-dealkylation sites (tertiary alicyclic amines) is 1. The van der Waals surface area contributed by atoms with Gasteiger partial charge < -0.3 is 10.6 Å². The Morgan fingerprint density at radius 1 is 1.22 bits per heavy atom. The van der Waals surface area contributed by atoms with E-state index in [1.54, 1.807) is 25.4 Å². The van der Waals surface area contributed by atoms with Crippen LogP contribution in [-0.2, 0) is 20.8 Å². The molecule has 7 heteroatoms. The summed E-state index contributed by atoms with van der Waals surface area (Å²) in [6.07, 6.45) is 5.44. The van der Waals surface area contributed by atoms with Crippen molar-refractivity contribution in [2.45, 2.75) is 45.1 Å². The SMILES string of the molecule is CC[C@@H](CC(=O)N1C(=O)[C@H](Cc2ccnc(N)c2)[C@H]1C(=O)N(C)c1ccccc1)C1CC1. The molecule has 2 fully saturated rings. The van der Waals surface area contributed by atoms with Crippen LogP contribution < -0.4 is 10.6 Å². The summed E-state index contributed by atoms with van der Waals surface area (Å²) >= 11 is 0. The first kappa shape index (κ1) is 22.0. The molecule has 1 aliphatic heterocycles. The maximum absolute atomic E-state index is 13.5. The number of amides is 3. The van der Waals surface area contributed by atoms with Crippen molar-refractivity contribution in [3.8, 4) is 0 Å². The minimum absolute atomic E-state index is 0.237. The number of nitrogen functional groups attached to an aromatic ring is 1. The number of hydrogen-bond donors (Lipinski definition) is 1. The number of nitrogens with two attached hydrogens (primary N) is 1. The number of rotatable bonds is 8. The molecule has 4 rings (SSSR count). The van der Waals surface area contributed by atoms with E-state index < -0.39 is 12.0 Å². The molecule has 0 unspecified atom stereocenters. The number of benzene rings is 1. The number of carbonyl (C=O) groups excluding carboxylic acids is 3. The molecule has 2 aromatic rings. The second-order valence-corrected chi connectivity index (χ2v) is 8.89. The van der Waals surface area contributed by atoms with E-state index in [0.29, 0.717) is 24.6 Å². The first-order valence-corrected chi connectivity index (χ1v) is 11.3. The van der Waals surface area contributed by atoms with Crippen LogP contribution >= 0.6 is 0 Å². The molecule has 168 valence electrons. The monoisotopic (exact) mass is 434 g/mol. The van der Waals surface area contributed by atoms with Crippen LogP contribution in [0.5, 0.6) is 0 Å². The number of carbonyl (C=O) groups is 3. The van der Waals surface area contributed by atoms with Gasteiger partial charge in [0.2, 0.25) is 11.8 Å². The molecule has 2 heterocycles. The van der Waals surface area contributed by atoms with Crippen LogP contribution in [0.15, 0.2) is 48.7 Å². The Morgan fingerprint density at radius 2 is 1.94 bits per heavy atom. The van der Waals surface area contributed by atoms with E-state index in [0.717, 1.165) is 30.5 Å². The third-order valence-electron chi connectivity index (χ3n) is 6.76. The van der Waals surface area contributed by atoms with Gasteiger partial charge in [0, 0.05) is 25.4 Å². The summed E-state index contributed by atoms with van der Waals surface area (Å²) in [5.41, 5.74) is 7.34. The van der Waals surface area contributed by atoms with Crippen molar-refractivity contribution in [3.05, 3.63) is 54.2 Å². The zero-order valence-corrected chi connectivity index (χ0v) is 18.6. The highest BCUT2D eigenvalue weighted by Gasteiger charge is 2.55. The fourth-order valence-electron chi connectivity index (χ4n) is 4.70. The highest BCUT2D eigenvalue weighted by Crippen LogP contribution is 2.41. The van der Waals surface area contributed by atoms with Crippen molar-refractivity contribution in [2.24, 2.45) is 17.8 Å². The van der Waals surface area contributed by atoms with Gasteiger partial charge in [-0.15, -0.1) is 0 Å². The quantitative estimate of drug-likeness (QED) is 0.644. The van der Waals surface area contributed by atoms with Crippen molar-refractivity contribution in [1.82, 2.24) is 9.88 Å². The number of para-hydroxylation sites is 1. The lowest BCUT2D eigenvalue weighted by atomic mass is 9.80. The van der Waals surface area contributed by atoms with Gasteiger partial charge in [-0.25, -0.2) is 4.98 Å². The third kappa shape index (κ3) is 4.38. The number of likely N-dealkylation sites (N-methyl/N-ethyl adjacent to an activating group) is 1. The van der Waals surface area contributed by atoms with E-state index in [-0.39, 0.29) is 23.6 Å². The summed E-state index contributed by atoms with van der Waals surface area (Å²) in [6, 6.07) is 11.9. The molecule has 0 radical (unpaired) electrons. The Balaban J connectivity index is 1.57. The molecule has 0 spiro atoms. The fraction of sp³-hybridized carbons (Fsp3) is 0.440. The summed E-state index contributed by atoms with van der Waals surface area (Å²) in [4.78, 5) is 46.5. The Labute approximate surface area is 188 Å². The molecule has 2 N–H and O–H groups in total. The lowest BCUT2D eigenvalue weighted by Gasteiger charge is -2.46. The van der Waals surface area contributed by atoms with Crippen molar-refractivity contribution < 1.29 is 14.4 Å². The molecular formula is C25H30N4O3. The predicted octanol–water partition coefficient (Wildman–Crippen LogP) is 3.05. The second-order valence-electron chi connectivity index (χ2n) is 8.89. The third-order valence-corrected chi connectivity index (χ3v) is 6.76. The lowest BCUT2D eigenvalue weighted by molar-refractivity contribution is -0.170. The Bertz CT molecular complexity index is 1010. The summed E-state index contributed by atoms with van der Waals surface area (Å²) in [5, 5.41) is 0. The number of aromatic nitrogens is 1. The van der Waals surface area contributed by atoms with Crippen LogP contribution in [0.4, 0.5) is 11.5 Å². The number of nitrogens with zero attached hydrogens (tertiary/aromatic N) is 3. The molecule has 3 atom stereocenters. The average Bonchev–Trinajstić information content (AvgIpc) is 3.64. The number of pyridine rings is 1. The average molecular weight is 435 g/mol. The van der Waals surface area contributed by atoms with Gasteiger partial charge in [0.05, 0.1) is 5.92 Å². The molecule has 1 saturated carbocycles. The normalized spacial score (nSPS) is 21.1. The van der Waals surface area contributed by atoms with Crippen molar-refractivity contribution in [3.63, 3.8) is 0 Å². The zero-order chi connectivity index (χ0) is 22.8. The molecular weight excluding hydrogens is 404 g/mol. The van der Waals surface area contributed by atoms with Crippen LogP contribution in [0.3, 0.4) is 0 Å². The predicted molar refractivity (Wildman–Crippen MR) is 122 cm³/mol. The Morgan fingerprint density at radius 3 is 2.56 bits per heavy atom. The topological polar surface area (TPSA) is 96.6 Å². The van der Waals surface area contributed by atoms with Crippen LogP contribution in [0.1, 0.15) is 38.2 Å². The van der Waals surface area contributed by atoms with Gasteiger partial charge in [0.1, 0.15) is 11.9 Å². The Kier molecular flexibility index (Phi) is 6.26. The summed E-state index contributed by atoms with van der Waals surface area (Å²) in [5.74, 6) is -0.165. The van der Waals surface area contributed by atoms with Gasteiger partial charge in [-0.1, -0.05) is 31.5 Å². The van der Waals surface area contributed by atoms with E-state index in [9.17, 15) is 14.4 Å². The molecule has 1 aromatic heterocycles. The smallest absolute Gasteiger partial charge is 0.250 e. The molecule has 0 bridgehead atoms. The molecule has 1 saturated heterocycles. The van der Waals surface area contributed by atoms with Gasteiger partial charge >= 0.3 is 0 Å². The molecule has 3 amide bonds. The molecule has 1 aliphatic carbocycles. The zero-order valence-electron chi connectivity index (χ0n) is 18.6. The summed E-state index contributed by atoms with van der Waals surface area (Å²) in [6.45, 7) is 2.08. The molecule has 32 heavy (non-hydrogen) atoms. The number of imide groups is 1. The molecule has 2 aliphatic rings. The molecule has 7 nitrogen and oxygen atoms in total. The maximum Gasteiger partial charge on any atom is 0.250 e. The van der Waals surface area contributed by atoms with Crippen molar-refractivity contribution in [1.29, 1.82) is 0 Å². The minimum atomic E-state index is -0.814. The largest absolute Gasteiger partial charge is 0.384 e. The first-order valence-electron chi connectivity index (χ1n) is 11.3. The standard InChI is InChI=1S/C25H30N4O3/c1-3-17(18-9-10-18)15-22(30)29-23(25(32)28(2)19-7-5-4-6-8-19)20(24(29)31)13-16-11-12-27-21(26)14-16/h4-8,11-12,14,17-18,20,23H,3,9-10,13,15H2,1-2H3,(H2,26,27)/t17-,20+,23-/m0/s1. The van der Waals surface area contributed by atoms with Crippen LogP contribution in [-0.4, -0.2) is 40.7 Å². The highest BCUT2D eigenvalue weighted by atomic mass is 16.2. The van der Waals surface area contributed by atoms with E-state index in [4.69, 9.17) is 5.73 Å². The van der Waals surface area contributed by atoms with Crippen LogP contribution in [0.25, 0.3) is 0 Å². The minimum Gasteiger partial charge on any atom is -0.384 e. The fourth-order valence-corrected chi connectivity index (χ4v) is 4.70. The maximum atomic E-state index is 13.5. The van der Waals surface area contributed by atoms with Gasteiger partial charge in [-0.05, 0) is 60.9 Å². The highest BCUT2D eigenvalue weighted by molar-refractivity contribution is 6.12. The summed E-state index contributed by atoms with van der Waals surface area (Å²) < 4.78 is 0. The van der Waals surface area contributed by atoms with Gasteiger partial charge in [-0.2, -0.15) is 0 Å². The lowest BCUT2D eigenvalue weighted by Crippen LogP contribution is -2.69. The van der Waals surface area contributed by atoms with E-state index in [1.165, 1.54) is 9.80 Å².